The number of hydrogen-bond acceptors (Lipinski definition) is 5. The number of hydrogen-bond donors (Lipinski definition) is 3. The molecule has 2 aromatic rings. The Morgan fingerprint density at radius 1 is 1.38 bits per heavy atom. The van der Waals surface area contributed by atoms with Crippen molar-refractivity contribution in [3.05, 3.63) is 46.2 Å². The van der Waals surface area contributed by atoms with Crippen molar-refractivity contribution in [3.63, 3.8) is 0 Å². The summed E-state index contributed by atoms with van der Waals surface area (Å²) >= 11 is 6.55. The van der Waals surface area contributed by atoms with Gasteiger partial charge >= 0.3 is 6.80 Å². The van der Waals surface area contributed by atoms with Gasteiger partial charge < -0.3 is 15.1 Å². The van der Waals surface area contributed by atoms with Crippen LogP contribution in [0.5, 0.6) is 0 Å². The monoisotopic (exact) mass is 418 g/mol. The second-order valence-electron chi connectivity index (χ2n) is 6.29. The lowest BCUT2D eigenvalue weighted by atomic mass is 10.0. The molecule has 0 saturated heterocycles. The number of aryl methyl sites for hydroxylation is 2. The Labute approximate surface area is 160 Å². The number of benzene rings is 1. The molecule has 3 N–H and O–H groups in total. The number of aromatic nitrogens is 3. The second kappa shape index (κ2) is 8.10. The molecule has 0 fully saturated rings. The number of carbonyl (C=O) groups is 1. The summed E-state index contributed by atoms with van der Waals surface area (Å²) in [5.74, 6) is -0.0889. The molecule has 0 aliphatic heterocycles. The average Bonchev–Trinajstić information content (AvgIpc) is 2.94. The summed E-state index contributed by atoms with van der Waals surface area (Å²) in [5, 5.41) is 11.4. The first-order valence-corrected chi connectivity index (χ1v) is 11.2. The van der Waals surface area contributed by atoms with Gasteiger partial charge in [-0.15, -0.1) is 5.10 Å². The van der Waals surface area contributed by atoms with Crippen molar-refractivity contribution in [2.45, 2.75) is 32.9 Å². The average molecular weight is 419 g/mol. The molecule has 0 saturated carbocycles. The molecule has 26 heavy (non-hydrogen) atoms. The number of nitrogens with one attached hydrogen (secondary N) is 1. The van der Waals surface area contributed by atoms with Crippen LogP contribution in [0.4, 0.5) is 0 Å². The van der Waals surface area contributed by atoms with E-state index < -0.39 is 12.3 Å². The SMILES string of the molecule is Cc1cc(Cl)cc(C(=O)NC(C)(C)c2cn(CCSP(=O)(O)O)nn2)c1. The Hall–Kier alpha value is -1.38. The molecule has 0 radical (unpaired) electrons. The van der Waals surface area contributed by atoms with E-state index in [1.807, 2.05) is 6.92 Å². The molecule has 0 bridgehead atoms. The van der Waals surface area contributed by atoms with Crippen LogP contribution in [-0.2, 0) is 16.6 Å². The van der Waals surface area contributed by atoms with Gasteiger partial charge in [0.05, 0.1) is 18.3 Å². The zero-order valence-electron chi connectivity index (χ0n) is 14.5. The highest BCUT2D eigenvalue weighted by atomic mass is 35.5. The molecule has 0 aliphatic carbocycles. The molecule has 0 aliphatic rings. The van der Waals surface area contributed by atoms with E-state index in [2.05, 4.69) is 15.6 Å². The van der Waals surface area contributed by atoms with Gasteiger partial charge in [-0.25, -0.2) is 4.57 Å². The maximum atomic E-state index is 12.5. The van der Waals surface area contributed by atoms with Crippen LogP contribution in [0.25, 0.3) is 0 Å². The van der Waals surface area contributed by atoms with Crippen LogP contribution in [-0.4, -0.2) is 36.4 Å². The zero-order chi connectivity index (χ0) is 19.5. The molecular weight excluding hydrogens is 399 g/mol. The van der Waals surface area contributed by atoms with Gasteiger partial charge in [0.2, 0.25) is 0 Å². The van der Waals surface area contributed by atoms with E-state index in [0.717, 1.165) is 5.56 Å². The number of rotatable bonds is 7. The topological polar surface area (TPSA) is 117 Å². The van der Waals surface area contributed by atoms with E-state index in [4.69, 9.17) is 21.4 Å². The van der Waals surface area contributed by atoms with E-state index >= 15 is 0 Å². The molecule has 1 heterocycles. The smallest absolute Gasteiger partial charge is 0.341 e. The first kappa shape index (κ1) is 20.9. The zero-order valence-corrected chi connectivity index (χ0v) is 17.0. The molecule has 0 atom stereocenters. The van der Waals surface area contributed by atoms with E-state index in [1.165, 1.54) is 4.68 Å². The number of amides is 1. The fourth-order valence-corrected chi connectivity index (χ4v) is 3.99. The van der Waals surface area contributed by atoms with Crippen LogP contribution >= 0.6 is 29.8 Å². The molecule has 1 aromatic heterocycles. The Balaban J connectivity index is 2.05. The van der Waals surface area contributed by atoms with Gasteiger partial charge in [0.15, 0.2) is 0 Å². The first-order chi connectivity index (χ1) is 12.0. The predicted octanol–water partition coefficient (Wildman–Crippen LogP) is 2.73. The molecule has 11 heteroatoms. The minimum Gasteiger partial charge on any atom is -0.341 e. The van der Waals surface area contributed by atoms with Gasteiger partial charge in [-0.05, 0) is 55.9 Å². The maximum absolute atomic E-state index is 12.5. The summed E-state index contributed by atoms with van der Waals surface area (Å²) < 4.78 is 12.3. The van der Waals surface area contributed by atoms with Crippen LogP contribution < -0.4 is 5.32 Å². The summed E-state index contributed by atoms with van der Waals surface area (Å²) in [5.41, 5.74) is 1.08. The van der Waals surface area contributed by atoms with Crippen molar-refractivity contribution in [2.75, 3.05) is 5.75 Å². The van der Waals surface area contributed by atoms with Gasteiger partial charge in [0, 0.05) is 16.3 Å². The fourth-order valence-electron chi connectivity index (χ4n) is 2.23. The van der Waals surface area contributed by atoms with E-state index in [0.29, 0.717) is 34.2 Å². The molecule has 1 amide bonds. The van der Waals surface area contributed by atoms with Crippen molar-refractivity contribution in [1.29, 1.82) is 0 Å². The molecular formula is C15H20ClN4O4PS. The van der Waals surface area contributed by atoms with Crippen LogP contribution in [0.15, 0.2) is 24.4 Å². The normalized spacial score (nSPS) is 12.2. The fraction of sp³-hybridized carbons (Fsp3) is 0.400. The Kier molecular flexibility index (Phi) is 6.52. The Bertz CT molecular complexity index is 832. The summed E-state index contributed by atoms with van der Waals surface area (Å²) in [6.45, 7) is 1.63. The summed E-state index contributed by atoms with van der Waals surface area (Å²) in [6, 6.07) is 5.11. The van der Waals surface area contributed by atoms with Gasteiger partial charge in [-0.1, -0.05) is 16.8 Å². The molecule has 142 valence electrons. The third-order valence-corrected chi connectivity index (χ3v) is 5.97. The van der Waals surface area contributed by atoms with E-state index in [9.17, 15) is 9.36 Å². The molecule has 0 unspecified atom stereocenters. The lowest BCUT2D eigenvalue weighted by molar-refractivity contribution is 0.0910. The van der Waals surface area contributed by atoms with Crippen molar-refractivity contribution in [3.8, 4) is 0 Å². The van der Waals surface area contributed by atoms with Gasteiger partial charge in [-0.3, -0.25) is 9.48 Å². The van der Waals surface area contributed by atoms with E-state index in [-0.39, 0.29) is 11.7 Å². The number of halogens is 1. The third kappa shape index (κ3) is 6.10. The van der Waals surface area contributed by atoms with Gasteiger partial charge in [-0.2, -0.15) is 0 Å². The summed E-state index contributed by atoms with van der Waals surface area (Å²) in [6.07, 6.45) is 1.64. The minimum atomic E-state index is -4.10. The van der Waals surface area contributed by atoms with Crippen molar-refractivity contribution < 1.29 is 19.1 Å². The number of carbonyl (C=O) groups excluding carboxylic acids is 1. The van der Waals surface area contributed by atoms with Gasteiger partial charge in [0.25, 0.3) is 5.91 Å². The third-order valence-electron chi connectivity index (χ3n) is 3.49. The van der Waals surface area contributed by atoms with Crippen molar-refractivity contribution >= 4 is 35.7 Å². The molecule has 8 nitrogen and oxygen atoms in total. The summed E-state index contributed by atoms with van der Waals surface area (Å²) in [7, 11) is 0. The summed E-state index contributed by atoms with van der Waals surface area (Å²) in [4.78, 5) is 30.2. The number of nitrogens with zero attached hydrogens (tertiary/aromatic N) is 3. The first-order valence-electron chi connectivity index (χ1n) is 7.67. The van der Waals surface area contributed by atoms with Gasteiger partial charge in [0.1, 0.15) is 5.69 Å². The van der Waals surface area contributed by atoms with Crippen molar-refractivity contribution in [2.24, 2.45) is 0 Å². The Morgan fingerprint density at radius 2 is 2.08 bits per heavy atom. The highest BCUT2D eigenvalue weighted by Gasteiger charge is 2.27. The lowest BCUT2D eigenvalue weighted by Gasteiger charge is -2.23. The standard InChI is InChI=1S/C15H20ClN4O4PS/c1-10-6-11(8-12(16)7-10)14(21)17-15(2,3)13-9-20(19-18-13)4-5-26-25(22,23)24/h6-9H,4-5H2,1-3H3,(H,17,21)(H2,22,23,24). The van der Waals surface area contributed by atoms with Crippen LogP contribution in [0.3, 0.4) is 0 Å². The van der Waals surface area contributed by atoms with Crippen LogP contribution in [0.1, 0.15) is 35.5 Å². The largest absolute Gasteiger partial charge is 0.384 e. The quantitative estimate of drug-likeness (QED) is 0.592. The lowest BCUT2D eigenvalue weighted by Crippen LogP contribution is -2.41. The highest BCUT2D eigenvalue weighted by molar-refractivity contribution is 8.54. The molecule has 1 aromatic carbocycles. The van der Waals surface area contributed by atoms with Crippen LogP contribution in [0.2, 0.25) is 5.02 Å². The molecule has 0 spiro atoms. The minimum absolute atomic E-state index is 0.196. The van der Waals surface area contributed by atoms with Crippen molar-refractivity contribution in [1.82, 2.24) is 20.3 Å². The molecule has 2 rings (SSSR count). The predicted molar refractivity (Wildman–Crippen MR) is 101 cm³/mol. The van der Waals surface area contributed by atoms with E-state index in [1.54, 1.807) is 38.2 Å². The second-order valence-corrected chi connectivity index (χ2v) is 10.6. The highest BCUT2D eigenvalue weighted by Crippen LogP contribution is 2.49. The Morgan fingerprint density at radius 3 is 2.69 bits per heavy atom. The van der Waals surface area contributed by atoms with Crippen LogP contribution in [0, 0.1) is 6.92 Å². The maximum Gasteiger partial charge on any atom is 0.384 e.